The Hall–Kier alpha value is -2.88. The third-order valence-electron chi connectivity index (χ3n) is 3.34. The van der Waals surface area contributed by atoms with E-state index in [1.54, 1.807) is 18.2 Å². The van der Waals surface area contributed by atoms with E-state index in [0.29, 0.717) is 5.69 Å². The smallest absolute Gasteiger partial charge is 0.337 e. The molecule has 3 rings (SSSR count). The van der Waals surface area contributed by atoms with Crippen LogP contribution >= 0.6 is 0 Å². The van der Waals surface area contributed by atoms with Crippen molar-refractivity contribution in [1.82, 2.24) is 0 Å². The predicted octanol–water partition coefficient (Wildman–Crippen LogP) is 3.40. The first-order valence-corrected chi connectivity index (χ1v) is 6.66. The molecule has 1 heterocycles. The molecule has 1 aromatic heterocycles. The van der Waals surface area contributed by atoms with E-state index in [1.807, 2.05) is 43.3 Å². The summed E-state index contributed by atoms with van der Waals surface area (Å²) in [5.41, 5.74) is 3.74. The number of hydrogen-bond donors (Lipinski definition) is 2. The number of aromatic carboxylic acids is 1. The van der Waals surface area contributed by atoms with E-state index in [9.17, 15) is 9.90 Å². The number of anilines is 2. The summed E-state index contributed by atoms with van der Waals surface area (Å²) in [6, 6.07) is 16.8. The van der Waals surface area contributed by atoms with Crippen molar-refractivity contribution >= 4 is 28.2 Å². The highest BCUT2D eigenvalue weighted by Crippen LogP contribution is 2.26. The van der Waals surface area contributed by atoms with Crippen LogP contribution in [0.3, 0.4) is 0 Å². The Kier molecular flexibility index (Phi) is 3.28. The number of fused-ring (bicyclic) bond motifs is 1. The Balaban J connectivity index is 2.13. The van der Waals surface area contributed by atoms with Crippen LogP contribution in [0.1, 0.15) is 16.1 Å². The molecule has 0 saturated heterocycles. The lowest BCUT2D eigenvalue weighted by molar-refractivity contribution is -0.354. The van der Waals surface area contributed by atoms with Crippen LogP contribution < -0.4 is 10.3 Å². The summed E-state index contributed by atoms with van der Waals surface area (Å²) < 4.78 is 0. The fourth-order valence-electron chi connectivity index (χ4n) is 2.40. The number of rotatable bonds is 3. The molecular formula is C17H15N2O2+. The first-order chi connectivity index (χ1) is 10.1. The van der Waals surface area contributed by atoms with Gasteiger partial charge in [-0.1, -0.05) is 24.3 Å². The van der Waals surface area contributed by atoms with Crippen molar-refractivity contribution in [3.05, 3.63) is 65.9 Å². The first-order valence-electron chi connectivity index (χ1n) is 6.66. The van der Waals surface area contributed by atoms with Gasteiger partial charge in [-0.3, -0.25) is 0 Å². The number of para-hydroxylation sites is 2. The summed E-state index contributed by atoms with van der Waals surface area (Å²) in [6.07, 6.45) is 0. The van der Waals surface area contributed by atoms with Gasteiger partial charge in [0.2, 0.25) is 5.52 Å². The van der Waals surface area contributed by atoms with E-state index in [0.717, 1.165) is 22.3 Å². The van der Waals surface area contributed by atoms with Gasteiger partial charge in [0.05, 0.1) is 22.3 Å². The molecule has 0 radical (unpaired) electrons. The Labute approximate surface area is 122 Å². The number of H-pyrrole nitrogens is 1. The second-order valence-electron chi connectivity index (χ2n) is 4.89. The maximum Gasteiger partial charge on any atom is 0.337 e. The average molecular weight is 279 g/mol. The number of aromatic amines is 1. The molecule has 0 aliphatic carbocycles. The first kappa shape index (κ1) is 13.1. The molecule has 4 nitrogen and oxygen atoms in total. The van der Waals surface area contributed by atoms with E-state index < -0.39 is 5.97 Å². The molecule has 21 heavy (non-hydrogen) atoms. The summed E-state index contributed by atoms with van der Waals surface area (Å²) in [5.74, 6) is -0.943. The van der Waals surface area contributed by atoms with Crippen molar-refractivity contribution < 1.29 is 14.9 Å². The Morgan fingerprint density at radius 2 is 1.76 bits per heavy atom. The zero-order chi connectivity index (χ0) is 14.8. The van der Waals surface area contributed by atoms with Gasteiger partial charge in [-0.15, -0.1) is 0 Å². The second-order valence-corrected chi connectivity index (χ2v) is 4.89. The fraction of sp³-hybridized carbons (Fsp3) is 0.0588. The van der Waals surface area contributed by atoms with E-state index >= 15 is 0 Å². The molecule has 3 N–H and O–H groups in total. The third-order valence-corrected chi connectivity index (χ3v) is 3.34. The van der Waals surface area contributed by atoms with Crippen molar-refractivity contribution in [3.8, 4) is 0 Å². The van der Waals surface area contributed by atoms with Crippen LogP contribution in [0.15, 0.2) is 54.6 Å². The van der Waals surface area contributed by atoms with Crippen LogP contribution in [0, 0.1) is 6.92 Å². The molecule has 0 fully saturated rings. The summed E-state index contributed by atoms with van der Waals surface area (Å²) in [7, 11) is 0. The normalized spacial score (nSPS) is 10.5. The highest BCUT2D eigenvalue weighted by atomic mass is 16.4. The van der Waals surface area contributed by atoms with Crippen LogP contribution in [-0.4, -0.2) is 11.1 Å². The van der Waals surface area contributed by atoms with Gasteiger partial charge >= 0.3 is 5.97 Å². The third kappa shape index (κ3) is 2.56. The van der Waals surface area contributed by atoms with Gasteiger partial charge in [0, 0.05) is 19.1 Å². The van der Waals surface area contributed by atoms with Gasteiger partial charge in [0.1, 0.15) is 0 Å². The topological polar surface area (TPSA) is 63.5 Å². The van der Waals surface area contributed by atoms with Gasteiger partial charge < -0.3 is 10.4 Å². The van der Waals surface area contributed by atoms with Crippen molar-refractivity contribution in [2.45, 2.75) is 6.92 Å². The minimum Gasteiger partial charge on any atom is -0.478 e. The van der Waals surface area contributed by atoms with Gasteiger partial charge in [0.15, 0.2) is 5.69 Å². The molecule has 0 aliphatic heterocycles. The van der Waals surface area contributed by atoms with E-state index in [2.05, 4.69) is 10.3 Å². The predicted molar refractivity (Wildman–Crippen MR) is 81.9 cm³/mol. The van der Waals surface area contributed by atoms with E-state index in [4.69, 9.17) is 0 Å². The van der Waals surface area contributed by atoms with E-state index in [-0.39, 0.29) is 5.56 Å². The number of aryl methyl sites for hydroxylation is 1. The molecule has 0 spiro atoms. The molecule has 0 bridgehead atoms. The number of pyridine rings is 1. The number of nitrogens with one attached hydrogen (secondary N) is 2. The number of hydrogen-bond acceptors (Lipinski definition) is 2. The van der Waals surface area contributed by atoms with Crippen LogP contribution in [0.25, 0.3) is 10.9 Å². The maximum absolute atomic E-state index is 11.3. The summed E-state index contributed by atoms with van der Waals surface area (Å²) in [4.78, 5) is 14.6. The molecule has 2 aromatic carbocycles. The molecule has 0 amide bonds. The van der Waals surface area contributed by atoms with Crippen LogP contribution in [0.4, 0.5) is 11.4 Å². The molecule has 104 valence electrons. The van der Waals surface area contributed by atoms with Gasteiger partial charge in [0.25, 0.3) is 0 Å². The molecule has 0 saturated carbocycles. The SMILES string of the molecule is Cc1cc(Nc2ccccc2C(=O)O)c2ccccc2[nH+]1. The molecule has 3 aromatic rings. The largest absolute Gasteiger partial charge is 0.478 e. The van der Waals surface area contributed by atoms with Crippen molar-refractivity contribution in [2.75, 3.05) is 5.32 Å². The van der Waals surface area contributed by atoms with Crippen LogP contribution in [-0.2, 0) is 0 Å². The van der Waals surface area contributed by atoms with Crippen molar-refractivity contribution in [2.24, 2.45) is 0 Å². The fourth-order valence-corrected chi connectivity index (χ4v) is 2.40. The van der Waals surface area contributed by atoms with Gasteiger partial charge in [-0.25, -0.2) is 9.78 Å². The van der Waals surface area contributed by atoms with Crippen molar-refractivity contribution in [1.29, 1.82) is 0 Å². The summed E-state index contributed by atoms with van der Waals surface area (Å²) in [6.45, 7) is 1.97. The summed E-state index contributed by atoms with van der Waals surface area (Å²) in [5, 5.41) is 13.5. The van der Waals surface area contributed by atoms with Gasteiger partial charge in [-0.05, 0) is 18.2 Å². The Morgan fingerprint density at radius 1 is 1.05 bits per heavy atom. The lowest BCUT2D eigenvalue weighted by atomic mass is 10.1. The average Bonchev–Trinajstić information content (AvgIpc) is 2.47. The highest BCUT2D eigenvalue weighted by Gasteiger charge is 2.13. The minimum absolute atomic E-state index is 0.257. The molecule has 0 unspecified atom stereocenters. The highest BCUT2D eigenvalue weighted by molar-refractivity contribution is 5.98. The minimum atomic E-state index is -0.943. The van der Waals surface area contributed by atoms with Gasteiger partial charge in [-0.2, -0.15) is 0 Å². The standard InChI is InChI=1S/C17H14N2O2/c1-11-10-16(12-6-2-4-8-14(12)18-11)19-15-9-5-3-7-13(15)17(20)21/h2-10H,1H3,(H,18,19)(H,20,21)/p+1. The molecule has 0 atom stereocenters. The number of carboxylic acid groups (broad SMARTS) is 1. The number of carboxylic acids is 1. The number of aromatic nitrogens is 1. The lowest BCUT2D eigenvalue weighted by Crippen LogP contribution is -2.10. The zero-order valence-electron chi connectivity index (χ0n) is 11.6. The lowest BCUT2D eigenvalue weighted by Gasteiger charge is -2.10. The Bertz CT molecular complexity index is 828. The van der Waals surface area contributed by atoms with E-state index in [1.165, 1.54) is 0 Å². The van der Waals surface area contributed by atoms with Crippen LogP contribution in [0.2, 0.25) is 0 Å². The monoisotopic (exact) mass is 279 g/mol. The second kappa shape index (κ2) is 5.25. The van der Waals surface area contributed by atoms with Crippen molar-refractivity contribution in [3.63, 3.8) is 0 Å². The number of benzene rings is 2. The van der Waals surface area contributed by atoms with Crippen LogP contribution in [0.5, 0.6) is 0 Å². The molecule has 4 heteroatoms. The zero-order valence-corrected chi connectivity index (χ0v) is 11.6. The quantitative estimate of drug-likeness (QED) is 0.772. The number of carbonyl (C=O) groups is 1. The molecule has 0 aliphatic rings. The molecular weight excluding hydrogens is 264 g/mol. The maximum atomic E-state index is 11.3. The Morgan fingerprint density at radius 3 is 2.57 bits per heavy atom. The summed E-state index contributed by atoms with van der Waals surface area (Å²) >= 11 is 0.